The van der Waals surface area contributed by atoms with E-state index in [9.17, 15) is 0 Å². The fraction of sp³-hybridized carbons (Fsp3) is 0.600. The van der Waals surface area contributed by atoms with Gasteiger partial charge in [0.05, 0.1) is 0 Å². The van der Waals surface area contributed by atoms with E-state index in [0.29, 0.717) is 11.1 Å². The van der Waals surface area contributed by atoms with Crippen LogP contribution >= 0.6 is 31.9 Å². The van der Waals surface area contributed by atoms with Crippen molar-refractivity contribution in [1.29, 1.82) is 0 Å². The van der Waals surface area contributed by atoms with Crippen molar-refractivity contribution in [3.63, 3.8) is 0 Å². The average molecular weight is 717 g/mol. The molecule has 8 heteroatoms. The fourth-order valence-corrected chi connectivity index (χ4v) is 24.1. The fourth-order valence-electron chi connectivity index (χ4n) is 6.74. The Morgan fingerprint density at radius 1 is 0.500 bits per heavy atom. The van der Waals surface area contributed by atoms with E-state index in [0.717, 1.165) is 19.3 Å². The zero-order chi connectivity index (χ0) is 29.1. The Labute approximate surface area is 253 Å². The van der Waals surface area contributed by atoms with Crippen LogP contribution in [0.1, 0.15) is 83.1 Å². The molecule has 3 rings (SSSR count). The first-order valence-corrected chi connectivity index (χ1v) is 23.0. The van der Waals surface area contributed by atoms with E-state index >= 15 is 8.22 Å². The Morgan fingerprint density at radius 2 is 0.737 bits per heavy atom. The van der Waals surface area contributed by atoms with Crippen molar-refractivity contribution in [2.75, 3.05) is 0 Å². The predicted molar refractivity (Wildman–Crippen MR) is 182 cm³/mol. The van der Waals surface area contributed by atoms with Crippen molar-refractivity contribution < 1.29 is 8.22 Å². The van der Waals surface area contributed by atoms with Gasteiger partial charge in [0.15, 0.2) is 0 Å². The van der Waals surface area contributed by atoms with Gasteiger partial charge in [-0.3, -0.25) is 0 Å². The first-order chi connectivity index (χ1) is 17.4. The summed E-state index contributed by atoms with van der Waals surface area (Å²) in [6.45, 7) is 25.7. The molecule has 1 aliphatic rings. The van der Waals surface area contributed by atoms with Gasteiger partial charge < -0.3 is 8.22 Å². The molecular weight excluding hydrogens is 670 g/mol. The molecule has 38 heavy (non-hydrogen) atoms. The molecule has 1 heterocycles. The molecule has 0 spiro atoms. The van der Waals surface area contributed by atoms with Crippen LogP contribution in [0, 0.1) is 0 Å². The van der Waals surface area contributed by atoms with E-state index < -0.39 is 34.4 Å². The molecular formula is C30H46Br2F2Si4. The highest BCUT2D eigenvalue weighted by atomic mass is 79.9. The molecule has 0 atom stereocenters. The minimum atomic E-state index is -3.23. The van der Waals surface area contributed by atoms with Gasteiger partial charge in [0.25, 0.3) is 16.8 Å². The summed E-state index contributed by atoms with van der Waals surface area (Å²) < 4.78 is 35.8. The maximum atomic E-state index is 17.0. The SMILES string of the molecule is CC(C)[Si]1c2cc(Br)c([Si](F)(C(C)C)C(C)C)cc2[Si](C(C)C)c2cc(Br)c([Si](F)(C(C)C)C(C)C)cc21. The zero-order valence-electron chi connectivity index (χ0n) is 25.3. The minimum Gasteiger partial charge on any atom is -0.307 e. The number of benzene rings is 2. The summed E-state index contributed by atoms with van der Waals surface area (Å²) in [5, 5.41) is 7.53. The van der Waals surface area contributed by atoms with E-state index in [4.69, 9.17) is 0 Å². The largest absolute Gasteiger partial charge is 0.307 e. The lowest BCUT2D eigenvalue weighted by Gasteiger charge is -2.40. The second kappa shape index (κ2) is 11.8. The summed E-state index contributed by atoms with van der Waals surface area (Å²) >= 11 is 7.76. The molecule has 0 fully saturated rings. The minimum absolute atomic E-state index is 0.00345. The predicted octanol–water partition coefficient (Wildman–Crippen LogP) is 7.45. The van der Waals surface area contributed by atoms with Crippen LogP contribution in [0.25, 0.3) is 0 Å². The number of halogens is 4. The van der Waals surface area contributed by atoms with Crippen molar-refractivity contribution in [2.45, 2.75) is 116 Å². The van der Waals surface area contributed by atoms with Crippen LogP contribution in [0.3, 0.4) is 0 Å². The van der Waals surface area contributed by atoms with Crippen molar-refractivity contribution in [3.8, 4) is 0 Å². The highest BCUT2D eigenvalue weighted by Gasteiger charge is 2.49. The lowest BCUT2D eigenvalue weighted by molar-refractivity contribution is 0.698. The van der Waals surface area contributed by atoms with Crippen LogP contribution in [0.5, 0.6) is 0 Å². The van der Waals surface area contributed by atoms with Gasteiger partial charge >= 0.3 is 0 Å². The summed E-state index contributed by atoms with van der Waals surface area (Å²) in [5.74, 6) is 0. The van der Waals surface area contributed by atoms with Gasteiger partial charge in [-0.1, -0.05) is 148 Å². The van der Waals surface area contributed by atoms with Crippen LogP contribution in [-0.2, 0) is 0 Å². The van der Waals surface area contributed by atoms with Gasteiger partial charge in [-0.2, -0.15) is 0 Å². The van der Waals surface area contributed by atoms with Gasteiger partial charge in [0, 0.05) is 8.95 Å². The van der Waals surface area contributed by atoms with Crippen LogP contribution in [0.2, 0.25) is 33.2 Å². The van der Waals surface area contributed by atoms with Gasteiger partial charge in [-0.05, 0) is 55.8 Å². The van der Waals surface area contributed by atoms with E-state index in [-0.39, 0.29) is 22.2 Å². The highest BCUT2D eigenvalue weighted by Crippen LogP contribution is 2.37. The molecule has 0 saturated carbocycles. The van der Waals surface area contributed by atoms with Crippen LogP contribution in [0.4, 0.5) is 8.22 Å². The van der Waals surface area contributed by atoms with Crippen molar-refractivity contribution in [1.82, 2.24) is 0 Å². The molecule has 0 amide bonds. The number of hydrogen-bond acceptors (Lipinski definition) is 0. The monoisotopic (exact) mass is 714 g/mol. The number of fused-ring (bicyclic) bond motifs is 2. The summed E-state index contributed by atoms with van der Waals surface area (Å²) in [5.41, 5.74) is 0.896. The second-order valence-corrected chi connectivity index (χ2v) is 29.6. The normalized spacial score (nSPS) is 15.5. The Bertz CT molecular complexity index is 1070. The lowest BCUT2D eigenvalue weighted by Crippen LogP contribution is -2.72. The van der Waals surface area contributed by atoms with Crippen LogP contribution in [0.15, 0.2) is 33.2 Å². The van der Waals surface area contributed by atoms with Gasteiger partial charge in [-0.25, -0.2) is 0 Å². The molecule has 1 aliphatic heterocycles. The highest BCUT2D eigenvalue weighted by molar-refractivity contribution is 9.11. The Kier molecular flexibility index (Phi) is 10.1. The van der Waals surface area contributed by atoms with E-state index in [1.165, 1.54) is 20.7 Å². The number of hydrogen-bond donors (Lipinski definition) is 0. The maximum absolute atomic E-state index is 17.0. The molecule has 0 aromatic heterocycles. The molecule has 0 saturated heterocycles. The molecule has 210 valence electrons. The third kappa shape index (κ3) is 5.25. The van der Waals surface area contributed by atoms with Crippen molar-refractivity contribution in [3.05, 3.63) is 33.2 Å². The van der Waals surface area contributed by atoms with E-state index in [2.05, 4.69) is 139 Å². The summed E-state index contributed by atoms with van der Waals surface area (Å²) in [6.07, 6.45) is 0. The third-order valence-electron chi connectivity index (χ3n) is 8.72. The standard InChI is InChI=1S/C30H46Br2F2Si4/c1-17(2)35-25-13-23(31)30(38(34,21(9)10)22(11)12)16-28(25)36(18(3)4)26-14-24(32)29(15-27(26)35)37(33,19(5)6)20(7)8/h13-22H,1-12H3. The Balaban J connectivity index is 2.42. The lowest BCUT2D eigenvalue weighted by atomic mass is 10.3. The van der Waals surface area contributed by atoms with Crippen molar-refractivity contribution >= 4 is 97.4 Å². The van der Waals surface area contributed by atoms with Crippen LogP contribution in [-0.4, -0.2) is 34.4 Å². The van der Waals surface area contributed by atoms with Gasteiger partial charge in [-0.15, -0.1) is 0 Å². The molecule has 0 aliphatic carbocycles. The van der Waals surface area contributed by atoms with Crippen LogP contribution < -0.4 is 31.1 Å². The zero-order valence-corrected chi connectivity index (χ0v) is 32.5. The first kappa shape index (κ1) is 32.6. The third-order valence-corrected chi connectivity index (χ3v) is 26.7. The molecule has 0 nitrogen and oxygen atoms in total. The summed E-state index contributed by atoms with van der Waals surface area (Å²) in [4.78, 5) is 0. The smallest absolute Gasteiger partial charge is 0.283 e. The summed E-state index contributed by atoms with van der Waals surface area (Å²) in [7, 11) is -8.85. The molecule has 0 N–H and O–H groups in total. The summed E-state index contributed by atoms with van der Waals surface area (Å²) in [6, 6.07) is 9.20. The van der Waals surface area contributed by atoms with Gasteiger partial charge in [0.1, 0.15) is 17.6 Å². The molecule has 2 aromatic carbocycles. The Morgan fingerprint density at radius 3 is 0.947 bits per heavy atom. The Hall–Kier alpha value is 0.128. The first-order valence-electron chi connectivity index (χ1n) is 14.2. The van der Waals surface area contributed by atoms with Crippen molar-refractivity contribution in [2.24, 2.45) is 0 Å². The molecule has 0 unspecified atom stereocenters. The topological polar surface area (TPSA) is 0 Å². The van der Waals surface area contributed by atoms with Gasteiger partial charge in [0.2, 0.25) is 0 Å². The quantitative estimate of drug-likeness (QED) is 0.197. The van der Waals surface area contributed by atoms with E-state index in [1.807, 2.05) is 0 Å². The molecule has 2 radical (unpaired) electrons. The second-order valence-electron chi connectivity index (χ2n) is 13.0. The average Bonchev–Trinajstić information content (AvgIpc) is 2.79. The molecule has 0 bridgehead atoms. The van der Waals surface area contributed by atoms with E-state index in [1.54, 1.807) is 0 Å². The maximum Gasteiger partial charge on any atom is 0.283 e. The molecule has 2 aromatic rings. The number of rotatable bonds is 8.